The highest BCUT2D eigenvalue weighted by Gasteiger charge is 2.40. The van der Waals surface area contributed by atoms with Gasteiger partial charge in [-0.05, 0) is 24.5 Å². The van der Waals surface area contributed by atoms with Crippen molar-refractivity contribution in [2.75, 3.05) is 7.11 Å². The van der Waals surface area contributed by atoms with Gasteiger partial charge in [-0.25, -0.2) is 4.79 Å². The molecule has 0 spiro atoms. The molecule has 0 aliphatic rings. The number of carbonyl (C=O) groups excluding carboxylic acids is 2. The van der Waals surface area contributed by atoms with E-state index < -0.39 is 24.1 Å². The van der Waals surface area contributed by atoms with Gasteiger partial charge in [0.15, 0.2) is 0 Å². The molecule has 1 atom stereocenters. The molecule has 1 aromatic carbocycles. The number of methoxy groups -OCH3 is 1. The Hall–Kier alpha value is -2.25. The average molecular weight is 305 g/mol. The van der Waals surface area contributed by atoms with Gasteiger partial charge in [0.1, 0.15) is 11.8 Å². The normalized spacial score (nSPS) is 12.6. The van der Waals surface area contributed by atoms with Gasteiger partial charge in [-0.2, -0.15) is 13.2 Å². The molecule has 0 aliphatic carbocycles. The Morgan fingerprint density at radius 2 is 1.95 bits per heavy atom. The van der Waals surface area contributed by atoms with E-state index in [0.717, 1.165) is 7.11 Å². The number of hydrogen-bond donors (Lipinski definition) is 2. The molecular weight excluding hydrogens is 291 g/mol. The predicted octanol–water partition coefficient (Wildman–Crippen LogP) is 1.54. The van der Waals surface area contributed by atoms with Crippen molar-refractivity contribution in [2.24, 2.45) is 0 Å². The number of halogens is 3. The third kappa shape index (κ3) is 4.97. The molecule has 0 aliphatic heterocycles. The van der Waals surface area contributed by atoms with Gasteiger partial charge < -0.3 is 15.2 Å². The molecule has 1 aromatic rings. The van der Waals surface area contributed by atoms with Gasteiger partial charge in [0.25, 0.3) is 0 Å². The molecule has 21 heavy (non-hydrogen) atoms. The first kappa shape index (κ1) is 16.8. The van der Waals surface area contributed by atoms with Crippen LogP contribution in [0, 0.1) is 0 Å². The molecule has 0 bridgehead atoms. The molecule has 0 aromatic heterocycles. The number of aromatic hydroxyl groups is 1. The van der Waals surface area contributed by atoms with E-state index >= 15 is 0 Å². The summed E-state index contributed by atoms with van der Waals surface area (Å²) in [4.78, 5) is 22.3. The second kappa shape index (κ2) is 6.96. The Bertz CT molecular complexity index is 516. The summed E-state index contributed by atoms with van der Waals surface area (Å²) in [6.45, 7) is 0. The molecule has 0 fully saturated rings. The minimum atomic E-state index is -5.08. The van der Waals surface area contributed by atoms with Crippen LogP contribution in [-0.2, 0) is 20.7 Å². The number of phenolic OH excluding ortho intramolecular Hbond substituents is 1. The van der Waals surface area contributed by atoms with Crippen molar-refractivity contribution in [1.82, 2.24) is 5.32 Å². The van der Waals surface area contributed by atoms with E-state index in [1.807, 2.05) is 0 Å². The van der Waals surface area contributed by atoms with Crippen molar-refractivity contribution in [3.63, 3.8) is 0 Å². The van der Waals surface area contributed by atoms with Crippen LogP contribution in [0.15, 0.2) is 24.3 Å². The first-order valence-corrected chi connectivity index (χ1v) is 5.98. The zero-order valence-electron chi connectivity index (χ0n) is 11.1. The fourth-order valence-electron chi connectivity index (χ4n) is 1.65. The first-order valence-electron chi connectivity index (χ1n) is 5.98. The maximum absolute atomic E-state index is 12.2. The molecule has 1 rings (SSSR count). The number of para-hydroxylation sites is 1. The molecule has 2 N–H and O–H groups in total. The van der Waals surface area contributed by atoms with Crippen molar-refractivity contribution in [3.8, 4) is 5.75 Å². The summed E-state index contributed by atoms with van der Waals surface area (Å²) in [5.74, 6) is -3.23. The molecular formula is C13H14F3NO4. The fraction of sp³-hybridized carbons (Fsp3) is 0.385. The van der Waals surface area contributed by atoms with Gasteiger partial charge >= 0.3 is 18.1 Å². The Morgan fingerprint density at radius 3 is 2.48 bits per heavy atom. The van der Waals surface area contributed by atoms with Crippen molar-refractivity contribution >= 4 is 11.9 Å². The monoisotopic (exact) mass is 305 g/mol. The van der Waals surface area contributed by atoms with E-state index in [0.29, 0.717) is 5.56 Å². The second-order valence-electron chi connectivity index (χ2n) is 4.21. The number of benzene rings is 1. The van der Waals surface area contributed by atoms with E-state index in [-0.39, 0.29) is 18.6 Å². The number of rotatable bonds is 5. The number of amides is 1. The van der Waals surface area contributed by atoms with Crippen LogP contribution >= 0.6 is 0 Å². The van der Waals surface area contributed by atoms with E-state index in [4.69, 9.17) is 0 Å². The smallest absolute Gasteiger partial charge is 0.471 e. The van der Waals surface area contributed by atoms with E-state index in [1.165, 1.54) is 6.07 Å². The molecule has 0 saturated heterocycles. The van der Waals surface area contributed by atoms with E-state index in [9.17, 15) is 27.9 Å². The van der Waals surface area contributed by atoms with Crippen LogP contribution in [-0.4, -0.2) is 36.3 Å². The van der Waals surface area contributed by atoms with Gasteiger partial charge in [-0.1, -0.05) is 18.2 Å². The average Bonchev–Trinajstić information content (AvgIpc) is 2.42. The Kier molecular flexibility index (Phi) is 5.57. The van der Waals surface area contributed by atoms with Crippen LogP contribution in [0.3, 0.4) is 0 Å². The van der Waals surface area contributed by atoms with Crippen LogP contribution in [0.4, 0.5) is 13.2 Å². The van der Waals surface area contributed by atoms with Gasteiger partial charge in [-0.15, -0.1) is 0 Å². The van der Waals surface area contributed by atoms with Crippen LogP contribution in [0.25, 0.3) is 0 Å². The van der Waals surface area contributed by atoms with Gasteiger partial charge in [0.05, 0.1) is 7.11 Å². The topological polar surface area (TPSA) is 75.6 Å². The Balaban J connectivity index is 2.74. The predicted molar refractivity (Wildman–Crippen MR) is 66.4 cm³/mol. The van der Waals surface area contributed by atoms with E-state index in [2.05, 4.69) is 4.74 Å². The van der Waals surface area contributed by atoms with E-state index in [1.54, 1.807) is 23.5 Å². The Labute approximate surface area is 118 Å². The van der Waals surface area contributed by atoms with Crippen LogP contribution in [0.2, 0.25) is 0 Å². The molecule has 0 radical (unpaired) electrons. The molecule has 1 amide bonds. The van der Waals surface area contributed by atoms with Crippen molar-refractivity contribution in [2.45, 2.75) is 25.1 Å². The summed E-state index contributed by atoms with van der Waals surface area (Å²) in [6, 6.07) is 4.76. The lowest BCUT2D eigenvalue weighted by molar-refractivity contribution is -0.175. The lowest BCUT2D eigenvalue weighted by atomic mass is 10.0. The number of carbonyl (C=O) groups is 2. The van der Waals surface area contributed by atoms with Crippen molar-refractivity contribution < 1.29 is 32.6 Å². The van der Waals surface area contributed by atoms with Crippen LogP contribution in [0.5, 0.6) is 5.75 Å². The minimum absolute atomic E-state index is 0.0386. The first-order chi connectivity index (χ1) is 9.75. The maximum Gasteiger partial charge on any atom is 0.471 e. The summed E-state index contributed by atoms with van der Waals surface area (Å²) < 4.78 is 41.0. The lowest BCUT2D eigenvalue weighted by Gasteiger charge is -2.17. The summed E-state index contributed by atoms with van der Waals surface area (Å²) in [7, 11) is 1.01. The van der Waals surface area contributed by atoms with Crippen LogP contribution < -0.4 is 5.32 Å². The number of esters is 1. The maximum atomic E-state index is 12.2. The van der Waals surface area contributed by atoms with Crippen molar-refractivity contribution in [3.05, 3.63) is 29.8 Å². The zero-order chi connectivity index (χ0) is 16.0. The number of phenols is 1. The number of nitrogens with one attached hydrogen (secondary N) is 1. The zero-order valence-corrected chi connectivity index (χ0v) is 11.1. The van der Waals surface area contributed by atoms with Crippen molar-refractivity contribution in [1.29, 1.82) is 0 Å². The highest BCUT2D eigenvalue weighted by molar-refractivity contribution is 5.87. The minimum Gasteiger partial charge on any atom is -0.508 e. The number of ether oxygens (including phenoxy) is 1. The largest absolute Gasteiger partial charge is 0.508 e. The molecule has 0 unspecified atom stereocenters. The summed E-state index contributed by atoms with van der Waals surface area (Å²) in [5, 5.41) is 11.1. The SMILES string of the molecule is COC(=O)[C@H](CCc1ccccc1O)NC(=O)C(F)(F)F. The molecule has 8 heteroatoms. The second-order valence-corrected chi connectivity index (χ2v) is 4.21. The third-order valence-electron chi connectivity index (χ3n) is 2.74. The summed E-state index contributed by atoms with van der Waals surface area (Å²) in [5.41, 5.74) is 0.452. The van der Waals surface area contributed by atoms with Crippen LogP contribution in [0.1, 0.15) is 12.0 Å². The standard InChI is InChI=1S/C13H14F3NO4/c1-21-11(19)9(17-12(20)13(14,15)16)7-6-8-4-2-3-5-10(8)18/h2-5,9,18H,6-7H2,1H3,(H,17,20)/t9-/m0/s1. The summed E-state index contributed by atoms with van der Waals surface area (Å²) in [6.07, 6.45) is -5.11. The van der Waals surface area contributed by atoms with Gasteiger partial charge in [0, 0.05) is 0 Å². The molecule has 0 heterocycles. The lowest BCUT2D eigenvalue weighted by Crippen LogP contribution is -2.47. The molecule has 0 saturated carbocycles. The molecule has 5 nitrogen and oxygen atoms in total. The fourth-order valence-corrected chi connectivity index (χ4v) is 1.65. The number of aryl methyl sites for hydroxylation is 1. The quantitative estimate of drug-likeness (QED) is 0.809. The Morgan fingerprint density at radius 1 is 1.33 bits per heavy atom. The number of alkyl halides is 3. The third-order valence-corrected chi connectivity index (χ3v) is 2.74. The van der Waals surface area contributed by atoms with Gasteiger partial charge in [-0.3, -0.25) is 4.79 Å². The highest BCUT2D eigenvalue weighted by atomic mass is 19.4. The van der Waals surface area contributed by atoms with Gasteiger partial charge in [0.2, 0.25) is 0 Å². The number of hydrogen-bond acceptors (Lipinski definition) is 4. The molecule has 116 valence electrons. The highest BCUT2D eigenvalue weighted by Crippen LogP contribution is 2.19. The summed E-state index contributed by atoms with van der Waals surface area (Å²) >= 11 is 0.